The standard InChI is InChI=1S/C26H28N4O5S/c1-6-34-21-11-9-18(14-23(21)35-7-2)25(31)28-24-12-16(3)29-30(24)26-27-19(15-36-26)17-8-10-20(32-4)22(13-17)33-5/h8-15H,6-7H2,1-5H3,(H,28,31). The number of carbonyl (C=O) groups excluding carboxylic acids is 1. The van der Waals surface area contributed by atoms with Crippen molar-refractivity contribution < 1.29 is 23.7 Å². The minimum atomic E-state index is -0.295. The number of benzene rings is 2. The number of methoxy groups -OCH3 is 2. The number of ether oxygens (including phenoxy) is 4. The first-order valence-corrected chi connectivity index (χ1v) is 12.3. The van der Waals surface area contributed by atoms with Crippen LogP contribution in [-0.4, -0.2) is 48.1 Å². The van der Waals surface area contributed by atoms with E-state index in [1.807, 2.05) is 44.4 Å². The molecule has 0 aliphatic rings. The van der Waals surface area contributed by atoms with E-state index in [2.05, 4.69) is 10.4 Å². The summed E-state index contributed by atoms with van der Waals surface area (Å²) in [6.07, 6.45) is 0. The van der Waals surface area contributed by atoms with Crippen LogP contribution in [0.15, 0.2) is 47.8 Å². The van der Waals surface area contributed by atoms with Gasteiger partial charge in [0.1, 0.15) is 5.82 Å². The summed E-state index contributed by atoms with van der Waals surface area (Å²) in [6, 6.07) is 12.5. The summed E-state index contributed by atoms with van der Waals surface area (Å²) in [5, 5.41) is 10.0. The maximum Gasteiger partial charge on any atom is 0.256 e. The van der Waals surface area contributed by atoms with E-state index >= 15 is 0 Å². The van der Waals surface area contributed by atoms with E-state index in [1.54, 1.807) is 43.2 Å². The highest BCUT2D eigenvalue weighted by atomic mass is 32.1. The van der Waals surface area contributed by atoms with Gasteiger partial charge in [0, 0.05) is 22.6 Å². The number of carbonyl (C=O) groups is 1. The Morgan fingerprint density at radius 2 is 1.67 bits per heavy atom. The van der Waals surface area contributed by atoms with Crippen molar-refractivity contribution in [2.45, 2.75) is 20.8 Å². The summed E-state index contributed by atoms with van der Waals surface area (Å²) in [6.45, 7) is 6.61. The van der Waals surface area contributed by atoms with Crippen molar-refractivity contribution in [1.82, 2.24) is 14.8 Å². The topological polar surface area (TPSA) is 96.7 Å². The van der Waals surface area contributed by atoms with Gasteiger partial charge in [-0.15, -0.1) is 11.3 Å². The predicted molar refractivity (Wildman–Crippen MR) is 139 cm³/mol. The number of thiazole rings is 1. The molecular formula is C26H28N4O5S. The normalized spacial score (nSPS) is 10.7. The van der Waals surface area contributed by atoms with E-state index in [9.17, 15) is 4.79 Å². The third-order valence-corrected chi connectivity index (χ3v) is 6.05. The molecule has 4 aromatic rings. The molecule has 4 rings (SSSR count). The number of aromatic nitrogens is 3. The number of nitrogens with one attached hydrogen (secondary N) is 1. The summed E-state index contributed by atoms with van der Waals surface area (Å²) in [7, 11) is 3.19. The number of nitrogens with zero attached hydrogens (tertiary/aromatic N) is 3. The van der Waals surface area contributed by atoms with Crippen LogP contribution in [0, 0.1) is 6.92 Å². The fourth-order valence-electron chi connectivity index (χ4n) is 3.60. The van der Waals surface area contributed by atoms with Crippen LogP contribution in [0.3, 0.4) is 0 Å². The Morgan fingerprint density at radius 1 is 0.944 bits per heavy atom. The molecule has 0 saturated heterocycles. The average molecular weight is 509 g/mol. The highest BCUT2D eigenvalue weighted by molar-refractivity contribution is 7.12. The molecule has 2 heterocycles. The van der Waals surface area contributed by atoms with Gasteiger partial charge in [0.25, 0.3) is 5.91 Å². The lowest BCUT2D eigenvalue weighted by atomic mass is 10.1. The molecule has 1 N–H and O–H groups in total. The van der Waals surface area contributed by atoms with E-state index < -0.39 is 0 Å². The van der Waals surface area contributed by atoms with Crippen LogP contribution < -0.4 is 24.3 Å². The van der Waals surface area contributed by atoms with Crippen molar-refractivity contribution in [2.24, 2.45) is 0 Å². The molecule has 0 fully saturated rings. The molecule has 36 heavy (non-hydrogen) atoms. The monoisotopic (exact) mass is 508 g/mol. The number of rotatable bonds is 10. The molecule has 0 aliphatic carbocycles. The first kappa shape index (κ1) is 25.1. The fourth-order valence-corrected chi connectivity index (χ4v) is 4.40. The van der Waals surface area contributed by atoms with Gasteiger partial charge in [0.05, 0.1) is 38.8 Å². The van der Waals surface area contributed by atoms with Crippen LogP contribution >= 0.6 is 11.3 Å². The molecule has 0 bridgehead atoms. The summed E-state index contributed by atoms with van der Waals surface area (Å²) < 4.78 is 23.6. The van der Waals surface area contributed by atoms with Crippen molar-refractivity contribution in [1.29, 1.82) is 0 Å². The van der Waals surface area contributed by atoms with Crippen LogP contribution in [0.4, 0.5) is 5.82 Å². The van der Waals surface area contributed by atoms with Crippen LogP contribution in [0.1, 0.15) is 29.9 Å². The Bertz CT molecular complexity index is 1360. The van der Waals surface area contributed by atoms with E-state index in [0.29, 0.717) is 52.7 Å². The molecule has 0 spiro atoms. The zero-order chi connectivity index (χ0) is 25.7. The van der Waals surface area contributed by atoms with Gasteiger partial charge in [0.2, 0.25) is 5.13 Å². The Labute approximate surface area is 213 Å². The van der Waals surface area contributed by atoms with Crippen LogP contribution in [0.2, 0.25) is 0 Å². The van der Waals surface area contributed by atoms with Gasteiger partial charge in [-0.2, -0.15) is 9.78 Å². The first-order chi connectivity index (χ1) is 17.5. The predicted octanol–water partition coefficient (Wildman–Crippen LogP) is 5.37. The molecule has 2 aromatic heterocycles. The second kappa shape index (κ2) is 11.1. The van der Waals surface area contributed by atoms with Crippen molar-refractivity contribution in [3.63, 3.8) is 0 Å². The Balaban J connectivity index is 1.60. The average Bonchev–Trinajstić information content (AvgIpc) is 3.51. The maximum absolute atomic E-state index is 13.1. The first-order valence-electron chi connectivity index (χ1n) is 11.4. The fraction of sp³-hybridized carbons (Fsp3) is 0.269. The second-order valence-corrected chi connectivity index (χ2v) is 8.49. The van der Waals surface area contributed by atoms with Gasteiger partial charge < -0.3 is 24.3 Å². The van der Waals surface area contributed by atoms with Gasteiger partial charge in [0.15, 0.2) is 23.0 Å². The van der Waals surface area contributed by atoms with Gasteiger partial charge in [-0.05, 0) is 57.2 Å². The molecule has 0 radical (unpaired) electrons. The van der Waals surface area contributed by atoms with E-state index in [4.69, 9.17) is 23.9 Å². The largest absolute Gasteiger partial charge is 0.493 e. The third-order valence-electron chi connectivity index (χ3n) is 5.23. The molecule has 188 valence electrons. The molecule has 0 saturated carbocycles. The van der Waals surface area contributed by atoms with Crippen LogP contribution in [0.5, 0.6) is 23.0 Å². The SMILES string of the molecule is CCOc1ccc(C(=O)Nc2cc(C)nn2-c2nc(-c3ccc(OC)c(OC)c3)cs2)cc1OCC. The van der Waals surface area contributed by atoms with Gasteiger partial charge in [-0.25, -0.2) is 4.98 Å². The molecule has 0 atom stereocenters. The summed E-state index contributed by atoms with van der Waals surface area (Å²) in [4.78, 5) is 17.8. The van der Waals surface area contributed by atoms with Crippen molar-refractivity contribution in [3.8, 4) is 39.4 Å². The molecule has 10 heteroatoms. The van der Waals surface area contributed by atoms with Crippen molar-refractivity contribution >= 4 is 23.1 Å². The highest BCUT2D eigenvalue weighted by Crippen LogP contribution is 2.34. The molecule has 0 aliphatic heterocycles. The van der Waals surface area contributed by atoms with Gasteiger partial charge >= 0.3 is 0 Å². The molecule has 0 unspecified atom stereocenters. The van der Waals surface area contributed by atoms with Crippen LogP contribution in [-0.2, 0) is 0 Å². The minimum Gasteiger partial charge on any atom is -0.493 e. The van der Waals surface area contributed by atoms with Crippen LogP contribution in [0.25, 0.3) is 16.4 Å². The quantitative estimate of drug-likeness (QED) is 0.308. The number of anilines is 1. The summed E-state index contributed by atoms with van der Waals surface area (Å²) in [5.74, 6) is 2.60. The zero-order valence-corrected chi connectivity index (χ0v) is 21.6. The van der Waals surface area contributed by atoms with E-state index in [1.165, 1.54) is 11.3 Å². The summed E-state index contributed by atoms with van der Waals surface area (Å²) >= 11 is 1.42. The maximum atomic E-state index is 13.1. The number of amides is 1. The number of aryl methyl sites for hydroxylation is 1. The molecule has 1 amide bonds. The Morgan fingerprint density at radius 3 is 2.39 bits per heavy atom. The van der Waals surface area contributed by atoms with Gasteiger partial charge in [-0.3, -0.25) is 4.79 Å². The lowest BCUT2D eigenvalue weighted by molar-refractivity contribution is 0.102. The Hall–Kier alpha value is -4.05. The minimum absolute atomic E-state index is 0.295. The van der Waals surface area contributed by atoms with E-state index in [0.717, 1.165) is 17.0 Å². The zero-order valence-electron chi connectivity index (χ0n) is 20.8. The lowest BCUT2D eigenvalue weighted by Gasteiger charge is -2.12. The highest BCUT2D eigenvalue weighted by Gasteiger charge is 2.18. The van der Waals surface area contributed by atoms with Crippen molar-refractivity contribution in [3.05, 3.63) is 59.1 Å². The smallest absolute Gasteiger partial charge is 0.256 e. The number of hydrogen-bond donors (Lipinski definition) is 1. The molecule has 2 aromatic carbocycles. The van der Waals surface area contributed by atoms with Crippen molar-refractivity contribution in [2.75, 3.05) is 32.8 Å². The summed E-state index contributed by atoms with van der Waals surface area (Å²) in [5.41, 5.74) is 2.82. The second-order valence-electron chi connectivity index (χ2n) is 7.65. The number of hydrogen-bond acceptors (Lipinski definition) is 8. The molecule has 9 nitrogen and oxygen atoms in total. The van der Waals surface area contributed by atoms with E-state index in [-0.39, 0.29) is 5.91 Å². The third kappa shape index (κ3) is 5.28. The Kier molecular flexibility index (Phi) is 7.74. The lowest BCUT2D eigenvalue weighted by Crippen LogP contribution is -2.15. The molecular weight excluding hydrogens is 480 g/mol. The van der Waals surface area contributed by atoms with Gasteiger partial charge in [-0.1, -0.05) is 0 Å².